The molecule has 1 aliphatic carbocycles. The molecule has 0 radical (unpaired) electrons. The quantitative estimate of drug-likeness (QED) is 0.162. The molecule has 1 atom stereocenters. The topological polar surface area (TPSA) is 75.6 Å². The molecule has 1 unspecified atom stereocenters. The van der Waals surface area contributed by atoms with E-state index in [-0.39, 0.29) is 6.61 Å². The number of benzene rings is 6. The van der Waals surface area contributed by atoms with Gasteiger partial charge >= 0.3 is 0 Å². The molecule has 52 heavy (non-hydrogen) atoms. The largest absolute Gasteiger partial charge is 0.497 e. The predicted octanol–water partition coefficient (Wildman–Crippen LogP) is 9.27. The Labute approximate surface area is 303 Å². The first kappa shape index (κ1) is 33.4. The van der Waals surface area contributed by atoms with E-state index in [4.69, 9.17) is 28.4 Å². The minimum atomic E-state index is -1.02. The first-order chi connectivity index (χ1) is 25.3. The Balaban J connectivity index is 1.48. The fourth-order valence-electron chi connectivity index (χ4n) is 8.03. The summed E-state index contributed by atoms with van der Waals surface area (Å²) >= 11 is 0. The van der Waals surface area contributed by atoms with Crippen LogP contribution in [-0.2, 0) is 22.5 Å². The van der Waals surface area contributed by atoms with Crippen LogP contribution in [0.2, 0.25) is 0 Å². The van der Waals surface area contributed by atoms with Gasteiger partial charge in [-0.25, -0.2) is 0 Å². The van der Waals surface area contributed by atoms with E-state index in [2.05, 4.69) is 55.5 Å². The number of fused-ring (bicyclic) bond motifs is 8. The lowest BCUT2D eigenvalue weighted by molar-refractivity contribution is 0.0423. The van der Waals surface area contributed by atoms with E-state index in [1.54, 1.807) is 35.5 Å². The van der Waals surface area contributed by atoms with E-state index >= 15 is 0 Å². The standard InChI is InChI=1S/C45H40O7/c1-44(51-6)39-10-8-7-9-34(39)41-37-23-27(26-46)36(33-20-19-32(49-4)24-40(33)50-5)25-38(37)43-35(42(41)44)21-22-45(52-43,28-11-15-30(47-2)16-12-28)29-13-17-31(48-3)18-14-29/h7-25,46H,26H2,1-6H3. The molecule has 6 aromatic carbocycles. The molecular weight excluding hydrogens is 652 g/mol. The summed E-state index contributed by atoms with van der Waals surface area (Å²) in [5.74, 6) is 3.51. The SMILES string of the molecule is COc1ccc(C2(c3ccc(OC)cc3)C=Cc3c4c(c5cc(CO)c(-c6ccc(OC)cc6OC)cc5c3O2)-c2ccccc2C4(C)OC)cc1. The van der Waals surface area contributed by atoms with Gasteiger partial charge in [0.05, 0.1) is 35.0 Å². The number of aliphatic hydroxyl groups excluding tert-OH is 1. The van der Waals surface area contributed by atoms with E-state index in [1.807, 2.05) is 66.7 Å². The summed E-state index contributed by atoms with van der Waals surface area (Å²) in [5, 5.41) is 12.8. The molecular formula is C45H40O7. The summed E-state index contributed by atoms with van der Waals surface area (Å²) in [4.78, 5) is 0. The van der Waals surface area contributed by atoms with Crippen molar-refractivity contribution >= 4 is 16.8 Å². The molecule has 7 nitrogen and oxygen atoms in total. The third-order valence-corrected chi connectivity index (χ3v) is 10.8. The Hall–Kier alpha value is -5.76. The fraction of sp³-hybridized carbons (Fsp3) is 0.200. The monoisotopic (exact) mass is 692 g/mol. The van der Waals surface area contributed by atoms with Crippen LogP contribution in [0.1, 0.15) is 40.3 Å². The van der Waals surface area contributed by atoms with Crippen LogP contribution < -0.4 is 23.7 Å². The third-order valence-electron chi connectivity index (χ3n) is 10.8. The van der Waals surface area contributed by atoms with Crippen LogP contribution in [0.3, 0.4) is 0 Å². The smallest absolute Gasteiger partial charge is 0.178 e. The van der Waals surface area contributed by atoms with Crippen molar-refractivity contribution in [2.45, 2.75) is 24.7 Å². The van der Waals surface area contributed by atoms with E-state index in [0.29, 0.717) is 17.2 Å². The van der Waals surface area contributed by atoms with Crippen LogP contribution in [-0.4, -0.2) is 40.7 Å². The molecule has 0 saturated carbocycles. The molecule has 0 saturated heterocycles. The minimum Gasteiger partial charge on any atom is -0.497 e. The maximum absolute atomic E-state index is 10.9. The predicted molar refractivity (Wildman–Crippen MR) is 204 cm³/mol. The number of hydrogen-bond acceptors (Lipinski definition) is 7. The van der Waals surface area contributed by atoms with Gasteiger partial charge in [-0.05, 0) is 94.7 Å². The van der Waals surface area contributed by atoms with Gasteiger partial charge in [0.2, 0.25) is 0 Å². The lowest BCUT2D eigenvalue weighted by Gasteiger charge is -2.39. The lowest BCUT2D eigenvalue weighted by Crippen LogP contribution is -2.35. The summed E-state index contributed by atoms with van der Waals surface area (Å²) in [7, 11) is 8.35. The van der Waals surface area contributed by atoms with Gasteiger partial charge in [-0.2, -0.15) is 0 Å². The first-order valence-electron chi connectivity index (χ1n) is 17.2. The Morgan fingerprint density at radius 1 is 0.635 bits per heavy atom. The van der Waals surface area contributed by atoms with E-state index in [9.17, 15) is 5.11 Å². The summed E-state index contributed by atoms with van der Waals surface area (Å²) in [5.41, 5.74) is 7.65. The number of rotatable bonds is 9. The number of hydrogen-bond donors (Lipinski definition) is 1. The summed E-state index contributed by atoms with van der Waals surface area (Å²) in [6.07, 6.45) is 4.32. The van der Waals surface area contributed by atoms with Crippen LogP contribution in [0.5, 0.6) is 28.7 Å². The second-order valence-corrected chi connectivity index (χ2v) is 13.2. The van der Waals surface area contributed by atoms with Crippen molar-refractivity contribution < 1.29 is 33.5 Å². The van der Waals surface area contributed by atoms with Gasteiger partial charge in [-0.3, -0.25) is 0 Å². The van der Waals surface area contributed by atoms with Gasteiger partial charge in [-0.15, -0.1) is 0 Å². The molecule has 1 heterocycles. The lowest BCUT2D eigenvalue weighted by atomic mass is 9.80. The average Bonchev–Trinajstić information content (AvgIpc) is 3.48. The maximum atomic E-state index is 10.9. The van der Waals surface area contributed by atoms with Crippen LogP contribution in [0.25, 0.3) is 39.1 Å². The van der Waals surface area contributed by atoms with Crippen LogP contribution in [0.15, 0.2) is 109 Å². The fourth-order valence-corrected chi connectivity index (χ4v) is 8.03. The van der Waals surface area contributed by atoms with Crippen molar-refractivity contribution in [3.8, 4) is 51.0 Å². The Kier molecular flexibility index (Phi) is 8.20. The van der Waals surface area contributed by atoms with E-state index in [1.165, 1.54) is 0 Å². The maximum Gasteiger partial charge on any atom is 0.178 e. The van der Waals surface area contributed by atoms with Crippen LogP contribution >= 0.6 is 0 Å². The molecule has 1 N–H and O–H groups in total. The van der Waals surface area contributed by atoms with Crippen molar-refractivity contribution in [2.75, 3.05) is 35.5 Å². The highest BCUT2D eigenvalue weighted by Gasteiger charge is 2.46. The second kappa shape index (κ2) is 12.8. The molecule has 6 aromatic rings. The average molecular weight is 693 g/mol. The highest BCUT2D eigenvalue weighted by atomic mass is 16.5. The van der Waals surface area contributed by atoms with Crippen molar-refractivity contribution in [1.82, 2.24) is 0 Å². The molecule has 7 heteroatoms. The normalized spacial score (nSPS) is 16.4. The minimum absolute atomic E-state index is 0.183. The zero-order valence-electron chi connectivity index (χ0n) is 30.1. The highest BCUT2D eigenvalue weighted by molar-refractivity contribution is 6.10. The van der Waals surface area contributed by atoms with E-state index in [0.717, 1.165) is 77.9 Å². The molecule has 0 amide bonds. The third kappa shape index (κ3) is 4.88. The van der Waals surface area contributed by atoms with Gasteiger partial charge in [0.15, 0.2) is 5.60 Å². The molecule has 0 fully saturated rings. The summed E-state index contributed by atoms with van der Waals surface area (Å²) < 4.78 is 36.4. The summed E-state index contributed by atoms with van der Waals surface area (Å²) in [6, 6.07) is 34.3. The number of methoxy groups -OCH3 is 5. The molecule has 8 rings (SSSR count). The molecule has 1 aliphatic heterocycles. The molecule has 0 aromatic heterocycles. The summed E-state index contributed by atoms with van der Waals surface area (Å²) in [6.45, 7) is 1.94. The molecule has 0 spiro atoms. The Morgan fingerprint density at radius 3 is 1.87 bits per heavy atom. The van der Waals surface area contributed by atoms with Gasteiger partial charge in [0.1, 0.15) is 34.3 Å². The van der Waals surface area contributed by atoms with E-state index < -0.39 is 11.2 Å². The number of ether oxygens (including phenoxy) is 6. The van der Waals surface area contributed by atoms with Crippen molar-refractivity contribution in [2.24, 2.45) is 0 Å². The number of aliphatic hydroxyl groups is 1. The van der Waals surface area contributed by atoms with Crippen LogP contribution in [0, 0.1) is 0 Å². The zero-order chi connectivity index (χ0) is 36.2. The molecule has 262 valence electrons. The first-order valence-corrected chi connectivity index (χ1v) is 17.2. The van der Waals surface area contributed by atoms with Gasteiger partial charge < -0.3 is 33.5 Å². The second-order valence-electron chi connectivity index (χ2n) is 13.2. The van der Waals surface area contributed by atoms with Crippen molar-refractivity contribution in [1.29, 1.82) is 0 Å². The Morgan fingerprint density at radius 2 is 1.27 bits per heavy atom. The molecule has 2 aliphatic rings. The molecule has 0 bridgehead atoms. The van der Waals surface area contributed by atoms with Gasteiger partial charge in [0, 0.05) is 46.4 Å². The van der Waals surface area contributed by atoms with Crippen molar-refractivity contribution in [3.05, 3.63) is 143 Å². The van der Waals surface area contributed by atoms with Crippen LogP contribution in [0.4, 0.5) is 0 Å². The highest BCUT2D eigenvalue weighted by Crippen LogP contribution is 2.59. The van der Waals surface area contributed by atoms with Gasteiger partial charge in [0.25, 0.3) is 0 Å². The van der Waals surface area contributed by atoms with Crippen molar-refractivity contribution in [3.63, 3.8) is 0 Å². The Bertz CT molecular complexity index is 2310. The van der Waals surface area contributed by atoms with Gasteiger partial charge in [-0.1, -0.05) is 54.6 Å². The zero-order valence-corrected chi connectivity index (χ0v) is 30.1.